The van der Waals surface area contributed by atoms with Gasteiger partial charge in [0, 0.05) is 18.2 Å². The largest absolute Gasteiger partial charge is 0.485 e. The molecule has 1 aliphatic rings. The summed E-state index contributed by atoms with van der Waals surface area (Å²) in [6.07, 6.45) is 1.65. The molecule has 1 amide bonds. The predicted molar refractivity (Wildman–Crippen MR) is 149 cm³/mol. The molecule has 1 heterocycles. The van der Waals surface area contributed by atoms with Crippen molar-refractivity contribution in [1.82, 2.24) is 0 Å². The van der Waals surface area contributed by atoms with Gasteiger partial charge >= 0.3 is 5.97 Å². The molecule has 194 valence electrons. The summed E-state index contributed by atoms with van der Waals surface area (Å²) >= 11 is 0. The Morgan fingerprint density at radius 1 is 0.821 bits per heavy atom. The molecule has 7 nitrogen and oxygen atoms in total. The quantitative estimate of drug-likeness (QED) is 0.212. The first-order valence-electron chi connectivity index (χ1n) is 12.4. The van der Waals surface area contributed by atoms with Crippen molar-refractivity contribution in [3.05, 3.63) is 131 Å². The first-order chi connectivity index (χ1) is 19.0. The van der Waals surface area contributed by atoms with E-state index in [1.165, 1.54) is 6.92 Å². The summed E-state index contributed by atoms with van der Waals surface area (Å²) in [5, 5.41) is 2.70. The molecule has 1 N–H and O–H groups in total. The van der Waals surface area contributed by atoms with Gasteiger partial charge in [0.1, 0.15) is 13.2 Å². The van der Waals surface area contributed by atoms with Crippen LogP contribution in [0.1, 0.15) is 29.2 Å². The average molecular weight is 519 g/mol. The zero-order valence-corrected chi connectivity index (χ0v) is 21.3. The third-order valence-electron chi connectivity index (χ3n) is 5.82. The van der Waals surface area contributed by atoms with E-state index in [0.717, 1.165) is 11.1 Å². The number of anilines is 1. The minimum absolute atomic E-state index is 0.166. The summed E-state index contributed by atoms with van der Waals surface area (Å²) in [7, 11) is 0. The fourth-order valence-corrected chi connectivity index (χ4v) is 3.91. The Balaban J connectivity index is 1.37. The highest BCUT2D eigenvalue weighted by molar-refractivity contribution is 6.13. The van der Waals surface area contributed by atoms with Crippen LogP contribution in [0.3, 0.4) is 0 Å². The number of cyclic esters (lactones) is 1. The fourth-order valence-electron chi connectivity index (χ4n) is 3.91. The van der Waals surface area contributed by atoms with Crippen molar-refractivity contribution in [2.75, 3.05) is 5.32 Å². The summed E-state index contributed by atoms with van der Waals surface area (Å²) in [5.41, 5.74) is 4.21. The van der Waals surface area contributed by atoms with Crippen LogP contribution in [0.2, 0.25) is 0 Å². The van der Waals surface area contributed by atoms with Gasteiger partial charge in [-0.1, -0.05) is 66.7 Å². The average Bonchev–Trinajstić information content (AvgIpc) is 3.32. The number of nitrogens with one attached hydrogen (secondary N) is 1. The molecule has 0 aromatic heterocycles. The lowest BCUT2D eigenvalue weighted by Crippen LogP contribution is -2.07. The van der Waals surface area contributed by atoms with E-state index in [4.69, 9.17) is 14.2 Å². The summed E-state index contributed by atoms with van der Waals surface area (Å²) in [4.78, 5) is 28.2. The smallest absolute Gasteiger partial charge is 0.363 e. The van der Waals surface area contributed by atoms with E-state index < -0.39 is 5.97 Å². The molecule has 0 fully saturated rings. The van der Waals surface area contributed by atoms with Gasteiger partial charge < -0.3 is 19.5 Å². The molecule has 0 saturated heterocycles. The highest BCUT2D eigenvalue weighted by atomic mass is 16.6. The van der Waals surface area contributed by atoms with E-state index in [2.05, 4.69) is 10.3 Å². The van der Waals surface area contributed by atoms with Crippen molar-refractivity contribution in [3.63, 3.8) is 0 Å². The van der Waals surface area contributed by atoms with Gasteiger partial charge in [-0.2, -0.15) is 0 Å². The van der Waals surface area contributed by atoms with Crippen LogP contribution in [0.25, 0.3) is 6.08 Å². The second kappa shape index (κ2) is 11.9. The summed E-state index contributed by atoms with van der Waals surface area (Å²) < 4.78 is 17.6. The summed E-state index contributed by atoms with van der Waals surface area (Å²) in [6.45, 7) is 2.19. The minimum atomic E-state index is -0.549. The molecule has 1 aliphatic heterocycles. The Morgan fingerprint density at radius 2 is 1.44 bits per heavy atom. The number of nitrogens with zero attached hydrogens (tertiary/aromatic N) is 1. The van der Waals surface area contributed by atoms with Crippen LogP contribution in [0.15, 0.2) is 114 Å². The number of benzene rings is 4. The van der Waals surface area contributed by atoms with Crippen LogP contribution in [0.5, 0.6) is 11.5 Å². The lowest BCUT2D eigenvalue weighted by Gasteiger charge is -2.14. The fraction of sp³-hybridized carbons (Fsp3) is 0.0938. The predicted octanol–water partition coefficient (Wildman–Crippen LogP) is 6.15. The standard InChI is InChI=1S/C32H26N2O5/c1-22(35)33-27-15-13-26(14-16-27)31-34-28(32(36)39-31)18-25-12-17-29(37-20-23-8-4-2-5-9-23)30(19-25)38-21-24-10-6-3-7-11-24/h2-19H,20-21H2,1H3,(H,33,35)/b28-18-. The first kappa shape index (κ1) is 25.5. The van der Waals surface area contributed by atoms with Crippen molar-refractivity contribution in [1.29, 1.82) is 0 Å². The molecule has 0 unspecified atom stereocenters. The highest BCUT2D eigenvalue weighted by Crippen LogP contribution is 2.31. The number of amides is 1. The van der Waals surface area contributed by atoms with E-state index in [-0.39, 0.29) is 17.5 Å². The molecule has 5 rings (SSSR count). The van der Waals surface area contributed by atoms with Gasteiger partial charge in [0.25, 0.3) is 0 Å². The number of carbonyl (C=O) groups is 2. The zero-order chi connectivity index (χ0) is 27.0. The number of rotatable bonds is 9. The van der Waals surface area contributed by atoms with E-state index in [9.17, 15) is 9.59 Å². The molecule has 39 heavy (non-hydrogen) atoms. The number of hydrogen-bond acceptors (Lipinski definition) is 6. The van der Waals surface area contributed by atoms with Crippen LogP contribution in [-0.4, -0.2) is 17.8 Å². The van der Waals surface area contributed by atoms with Crippen molar-refractivity contribution >= 4 is 29.5 Å². The van der Waals surface area contributed by atoms with Crippen LogP contribution < -0.4 is 14.8 Å². The van der Waals surface area contributed by atoms with Gasteiger partial charge in [-0.15, -0.1) is 0 Å². The molecule has 7 heteroatoms. The Hall–Kier alpha value is -5.17. The Labute approximate surface area is 226 Å². The summed E-state index contributed by atoms with van der Waals surface area (Å²) in [5.74, 6) is 0.625. The molecule has 4 aromatic carbocycles. The minimum Gasteiger partial charge on any atom is -0.485 e. The third kappa shape index (κ3) is 6.78. The van der Waals surface area contributed by atoms with Crippen molar-refractivity contribution in [3.8, 4) is 11.5 Å². The van der Waals surface area contributed by atoms with Crippen LogP contribution >= 0.6 is 0 Å². The van der Waals surface area contributed by atoms with Crippen LogP contribution in [-0.2, 0) is 27.5 Å². The summed E-state index contributed by atoms with van der Waals surface area (Å²) in [6, 6.07) is 32.1. The van der Waals surface area contributed by atoms with Crippen molar-refractivity contribution in [2.24, 2.45) is 4.99 Å². The topological polar surface area (TPSA) is 86.2 Å². The maximum atomic E-state index is 12.6. The monoisotopic (exact) mass is 518 g/mol. The molecular formula is C32H26N2O5. The van der Waals surface area contributed by atoms with Gasteiger partial charge in [-0.05, 0) is 59.2 Å². The van der Waals surface area contributed by atoms with Gasteiger partial charge in [0.2, 0.25) is 11.8 Å². The van der Waals surface area contributed by atoms with Crippen molar-refractivity contribution < 1.29 is 23.8 Å². The SMILES string of the molecule is CC(=O)Nc1ccc(C2=N/C(=C\c3ccc(OCc4ccccc4)c(OCc4ccccc4)c3)C(=O)O2)cc1. The maximum Gasteiger partial charge on any atom is 0.363 e. The Kier molecular flexibility index (Phi) is 7.79. The molecule has 0 radical (unpaired) electrons. The normalized spacial score (nSPS) is 13.5. The van der Waals surface area contributed by atoms with Gasteiger partial charge in [-0.3, -0.25) is 4.79 Å². The van der Waals surface area contributed by atoms with Gasteiger partial charge in [-0.25, -0.2) is 9.79 Å². The molecule has 4 aromatic rings. The second-order valence-corrected chi connectivity index (χ2v) is 8.85. The number of ether oxygens (including phenoxy) is 3. The van der Waals surface area contributed by atoms with E-state index in [1.54, 1.807) is 30.3 Å². The molecule has 0 atom stereocenters. The van der Waals surface area contributed by atoms with Gasteiger partial charge in [0.15, 0.2) is 17.2 Å². The van der Waals surface area contributed by atoms with E-state index in [0.29, 0.717) is 41.5 Å². The molecule has 0 saturated carbocycles. The lowest BCUT2D eigenvalue weighted by molar-refractivity contribution is -0.129. The zero-order valence-electron chi connectivity index (χ0n) is 21.3. The molecular weight excluding hydrogens is 492 g/mol. The van der Waals surface area contributed by atoms with Crippen LogP contribution in [0, 0.1) is 0 Å². The molecule has 0 bridgehead atoms. The number of aliphatic imine (C=N–C) groups is 1. The Bertz CT molecular complexity index is 1530. The molecule has 0 spiro atoms. The third-order valence-corrected chi connectivity index (χ3v) is 5.82. The maximum absolute atomic E-state index is 12.6. The van der Waals surface area contributed by atoms with E-state index in [1.807, 2.05) is 78.9 Å². The first-order valence-corrected chi connectivity index (χ1v) is 12.4. The second-order valence-electron chi connectivity index (χ2n) is 8.85. The lowest BCUT2D eigenvalue weighted by atomic mass is 10.1. The molecule has 0 aliphatic carbocycles. The van der Waals surface area contributed by atoms with Crippen LogP contribution in [0.4, 0.5) is 5.69 Å². The van der Waals surface area contributed by atoms with Crippen molar-refractivity contribution in [2.45, 2.75) is 20.1 Å². The number of hydrogen-bond donors (Lipinski definition) is 1. The Morgan fingerprint density at radius 3 is 2.05 bits per heavy atom. The number of esters is 1. The van der Waals surface area contributed by atoms with E-state index >= 15 is 0 Å². The van der Waals surface area contributed by atoms with Gasteiger partial charge in [0.05, 0.1) is 0 Å². The number of carbonyl (C=O) groups excluding carboxylic acids is 2. The highest BCUT2D eigenvalue weighted by Gasteiger charge is 2.24.